The molecule has 1 aliphatic carbocycles. The Morgan fingerprint density at radius 3 is 2.44 bits per heavy atom. The van der Waals surface area contributed by atoms with Crippen molar-refractivity contribution in [3.8, 4) is 12.1 Å². The summed E-state index contributed by atoms with van der Waals surface area (Å²) in [6.45, 7) is 0. The van der Waals surface area contributed by atoms with Gasteiger partial charge >= 0.3 is 0 Å². The van der Waals surface area contributed by atoms with E-state index in [0.717, 1.165) is 12.8 Å². The zero-order valence-corrected chi connectivity index (χ0v) is 5.17. The first-order chi connectivity index (χ1) is 4.36. The molecule has 1 fully saturated rings. The van der Waals surface area contributed by atoms with E-state index in [1.54, 1.807) is 0 Å². The van der Waals surface area contributed by atoms with E-state index in [1.807, 2.05) is 0 Å². The van der Waals surface area contributed by atoms with E-state index in [9.17, 15) is 0 Å². The lowest BCUT2D eigenvalue weighted by molar-refractivity contribution is 0.251. The zero-order chi connectivity index (χ0) is 6.69. The molecule has 0 N–H and O–H groups in total. The standard InChI is InChI=1S/C7H8N2/c8-2-1-6-3-7(4-6)5-9/h6-7H,1,3-4H2. The molecule has 0 aromatic heterocycles. The van der Waals surface area contributed by atoms with Gasteiger partial charge in [0.05, 0.1) is 12.1 Å². The molecule has 1 rings (SSSR count). The van der Waals surface area contributed by atoms with Crippen LogP contribution in [0.3, 0.4) is 0 Å². The average Bonchev–Trinajstić information content (AvgIpc) is 1.77. The Morgan fingerprint density at radius 2 is 2.00 bits per heavy atom. The predicted molar refractivity (Wildman–Crippen MR) is 32.1 cm³/mol. The van der Waals surface area contributed by atoms with Gasteiger partial charge in [-0.05, 0) is 18.8 Å². The summed E-state index contributed by atoms with van der Waals surface area (Å²) in [5.41, 5.74) is 0. The fraction of sp³-hybridized carbons (Fsp3) is 0.714. The average molecular weight is 120 g/mol. The van der Waals surface area contributed by atoms with Crippen molar-refractivity contribution in [2.75, 3.05) is 0 Å². The van der Waals surface area contributed by atoms with Gasteiger partial charge in [0.15, 0.2) is 0 Å². The maximum atomic E-state index is 8.34. The van der Waals surface area contributed by atoms with Gasteiger partial charge in [-0.2, -0.15) is 10.5 Å². The number of hydrogen-bond donors (Lipinski definition) is 0. The van der Waals surface area contributed by atoms with Gasteiger partial charge in [0.1, 0.15) is 0 Å². The Kier molecular flexibility index (Phi) is 1.70. The second kappa shape index (κ2) is 2.51. The highest BCUT2D eigenvalue weighted by atomic mass is 14.4. The van der Waals surface area contributed by atoms with Crippen LogP contribution in [0.2, 0.25) is 0 Å². The molecule has 0 amide bonds. The van der Waals surface area contributed by atoms with Crippen LogP contribution in [0.15, 0.2) is 0 Å². The van der Waals surface area contributed by atoms with E-state index in [2.05, 4.69) is 12.1 Å². The molecule has 0 aromatic carbocycles. The third-order valence-corrected chi connectivity index (χ3v) is 1.80. The van der Waals surface area contributed by atoms with Crippen molar-refractivity contribution in [1.82, 2.24) is 0 Å². The molecule has 0 atom stereocenters. The van der Waals surface area contributed by atoms with Crippen LogP contribution in [0.25, 0.3) is 0 Å². The van der Waals surface area contributed by atoms with E-state index in [-0.39, 0.29) is 5.92 Å². The lowest BCUT2D eigenvalue weighted by Gasteiger charge is -2.27. The van der Waals surface area contributed by atoms with Crippen LogP contribution in [0, 0.1) is 34.5 Å². The molecule has 46 valence electrons. The number of nitriles is 2. The highest BCUT2D eigenvalue weighted by Crippen LogP contribution is 2.34. The molecule has 1 saturated carbocycles. The van der Waals surface area contributed by atoms with Crippen molar-refractivity contribution in [2.24, 2.45) is 11.8 Å². The van der Waals surface area contributed by atoms with E-state index in [1.165, 1.54) is 0 Å². The van der Waals surface area contributed by atoms with Crippen molar-refractivity contribution in [3.63, 3.8) is 0 Å². The summed E-state index contributed by atoms with van der Waals surface area (Å²) < 4.78 is 0. The molecule has 0 aliphatic heterocycles. The lowest BCUT2D eigenvalue weighted by atomic mass is 9.74. The van der Waals surface area contributed by atoms with Gasteiger partial charge < -0.3 is 0 Å². The molecule has 0 aromatic rings. The Balaban J connectivity index is 2.15. The molecule has 1 aliphatic rings. The second-order valence-electron chi connectivity index (χ2n) is 2.53. The SMILES string of the molecule is N#CCC1CC(C#N)C1. The zero-order valence-electron chi connectivity index (χ0n) is 5.17. The molecule has 2 nitrogen and oxygen atoms in total. The summed E-state index contributed by atoms with van der Waals surface area (Å²) in [6, 6.07) is 4.29. The summed E-state index contributed by atoms with van der Waals surface area (Å²) in [7, 11) is 0. The van der Waals surface area contributed by atoms with Crippen molar-refractivity contribution in [3.05, 3.63) is 0 Å². The van der Waals surface area contributed by atoms with E-state index in [0.29, 0.717) is 12.3 Å². The highest BCUT2D eigenvalue weighted by Gasteiger charge is 2.28. The molecule has 0 saturated heterocycles. The molecule has 2 heteroatoms. The van der Waals surface area contributed by atoms with Crippen molar-refractivity contribution in [2.45, 2.75) is 19.3 Å². The minimum absolute atomic E-state index is 0.253. The van der Waals surface area contributed by atoms with Gasteiger partial charge in [-0.25, -0.2) is 0 Å². The van der Waals surface area contributed by atoms with Gasteiger partial charge in [0.2, 0.25) is 0 Å². The van der Waals surface area contributed by atoms with Crippen molar-refractivity contribution < 1.29 is 0 Å². The fourth-order valence-electron chi connectivity index (χ4n) is 1.14. The largest absolute Gasteiger partial charge is 0.198 e. The van der Waals surface area contributed by atoms with Gasteiger partial charge in [-0.15, -0.1) is 0 Å². The van der Waals surface area contributed by atoms with Crippen LogP contribution in [0.5, 0.6) is 0 Å². The first-order valence-electron chi connectivity index (χ1n) is 3.13. The van der Waals surface area contributed by atoms with E-state index < -0.39 is 0 Å². The van der Waals surface area contributed by atoms with Crippen LogP contribution in [0.4, 0.5) is 0 Å². The first kappa shape index (κ1) is 6.11. The summed E-state index contributed by atoms with van der Waals surface area (Å²) in [5, 5.41) is 16.6. The Labute approximate surface area is 54.7 Å². The topological polar surface area (TPSA) is 47.6 Å². The Morgan fingerprint density at radius 1 is 1.33 bits per heavy atom. The Hall–Kier alpha value is -1.02. The number of hydrogen-bond acceptors (Lipinski definition) is 2. The van der Waals surface area contributed by atoms with Crippen molar-refractivity contribution >= 4 is 0 Å². The van der Waals surface area contributed by atoms with Gasteiger partial charge in [0, 0.05) is 12.3 Å². The van der Waals surface area contributed by atoms with Gasteiger partial charge in [-0.1, -0.05) is 0 Å². The van der Waals surface area contributed by atoms with Crippen LogP contribution < -0.4 is 0 Å². The van der Waals surface area contributed by atoms with E-state index in [4.69, 9.17) is 10.5 Å². The minimum atomic E-state index is 0.253. The monoisotopic (exact) mass is 120 g/mol. The summed E-state index contributed by atoms with van der Waals surface area (Å²) in [4.78, 5) is 0. The molecular formula is C7H8N2. The molecule has 0 bridgehead atoms. The molecule has 0 spiro atoms. The number of nitrogens with zero attached hydrogens (tertiary/aromatic N) is 2. The fourth-order valence-corrected chi connectivity index (χ4v) is 1.14. The van der Waals surface area contributed by atoms with Gasteiger partial charge in [-0.3, -0.25) is 0 Å². The smallest absolute Gasteiger partial charge is 0.0656 e. The minimum Gasteiger partial charge on any atom is -0.198 e. The lowest BCUT2D eigenvalue weighted by Crippen LogP contribution is -2.21. The quantitative estimate of drug-likeness (QED) is 0.525. The van der Waals surface area contributed by atoms with Crippen LogP contribution >= 0.6 is 0 Å². The second-order valence-corrected chi connectivity index (χ2v) is 2.53. The van der Waals surface area contributed by atoms with Crippen molar-refractivity contribution in [1.29, 1.82) is 10.5 Å². The molecule has 0 heterocycles. The van der Waals surface area contributed by atoms with Gasteiger partial charge in [0.25, 0.3) is 0 Å². The summed E-state index contributed by atoms with van der Waals surface area (Å²) in [6.07, 6.45) is 2.53. The molecule has 0 radical (unpaired) electrons. The van der Waals surface area contributed by atoms with Crippen LogP contribution in [0.1, 0.15) is 19.3 Å². The Bertz CT molecular complexity index is 166. The first-order valence-corrected chi connectivity index (χ1v) is 3.13. The molecule has 0 unspecified atom stereocenters. The third kappa shape index (κ3) is 1.21. The maximum Gasteiger partial charge on any atom is 0.0656 e. The normalized spacial score (nSPS) is 31.8. The highest BCUT2D eigenvalue weighted by molar-refractivity contribution is 4.96. The summed E-state index contributed by atoms with van der Waals surface area (Å²) in [5.74, 6) is 0.781. The number of rotatable bonds is 1. The molecular weight excluding hydrogens is 112 g/mol. The van der Waals surface area contributed by atoms with Crippen LogP contribution in [-0.4, -0.2) is 0 Å². The third-order valence-electron chi connectivity index (χ3n) is 1.80. The van der Waals surface area contributed by atoms with Crippen LogP contribution in [-0.2, 0) is 0 Å². The predicted octanol–water partition coefficient (Wildman–Crippen LogP) is 1.45. The van der Waals surface area contributed by atoms with E-state index >= 15 is 0 Å². The molecule has 9 heavy (non-hydrogen) atoms. The maximum absolute atomic E-state index is 8.34. The summed E-state index contributed by atoms with van der Waals surface area (Å²) >= 11 is 0.